The van der Waals surface area contributed by atoms with E-state index in [1.165, 1.54) is 12.3 Å². The van der Waals surface area contributed by atoms with Crippen molar-refractivity contribution in [1.82, 2.24) is 19.9 Å². The second-order valence-electron chi connectivity index (χ2n) is 7.48. The van der Waals surface area contributed by atoms with E-state index in [9.17, 15) is 9.18 Å². The van der Waals surface area contributed by atoms with Gasteiger partial charge in [0.25, 0.3) is 5.91 Å². The topological polar surface area (TPSA) is 85.8 Å². The Morgan fingerprint density at radius 1 is 1.25 bits per heavy atom. The zero-order valence-electron chi connectivity index (χ0n) is 17.1. The molecule has 3 heterocycles. The number of carbonyl (C=O) groups is 1. The van der Waals surface area contributed by atoms with Crippen molar-refractivity contribution in [3.63, 3.8) is 0 Å². The Balaban J connectivity index is 1.76. The molecule has 0 fully saturated rings. The molecule has 1 aromatic carbocycles. The van der Waals surface area contributed by atoms with Crippen LogP contribution in [0.1, 0.15) is 34.2 Å². The zero-order valence-corrected chi connectivity index (χ0v) is 17.9. The molecule has 0 aliphatic rings. The number of nitrogens with zero attached hydrogens (tertiary/aromatic N) is 4. The Labute approximate surface area is 187 Å². The van der Waals surface area contributed by atoms with Gasteiger partial charge in [0.2, 0.25) is 0 Å². The van der Waals surface area contributed by atoms with E-state index in [1.807, 2.05) is 6.92 Å². The minimum absolute atomic E-state index is 0.0291. The van der Waals surface area contributed by atoms with Crippen LogP contribution in [0.4, 0.5) is 14.5 Å². The molecule has 1 unspecified atom stereocenters. The number of nitrogens with one attached hydrogen (secondary N) is 1. The summed E-state index contributed by atoms with van der Waals surface area (Å²) < 4.78 is 36.5. The summed E-state index contributed by atoms with van der Waals surface area (Å²) in [6.07, 6.45) is 4.50. The summed E-state index contributed by atoms with van der Waals surface area (Å²) in [6.45, 7) is 1.81. The number of rotatable bonds is 6. The fraction of sp³-hybridized carbons (Fsp3) is 0.182. The first-order chi connectivity index (χ1) is 15.3. The van der Waals surface area contributed by atoms with Crippen LogP contribution in [0.2, 0.25) is 5.15 Å². The average Bonchev–Trinajstić information content (AvgIpc) is 3.45. The fourth-order valence-electron chi connectivity index (χ4n) is 3.49. The number of hydrogen-bond donors (Lipinski definition) is 1. The number of carbonyl (C=O) groups excluding carboxylic acids is 1. The Kier molecular flexibility index (Phi) is 5.75. The number of amides is 1. The molecule has 4 aromatic rings. The normalized spacial score (nSPS) is 13.0. The van der Waals surface area contributed by atoms with Gasteiger partial charge in [0.15, 0.2) is 11.5 Å². The summed E-state index contributed by atoms with van der Waals surface area (Å²) in [6, 6.07) is 8.68. The Hall–Kier alpha value is -3.59. The highest BCUT2D eigenvalue weighted by molar-refractivity contribution is 6.29. The summed E-state index contributed by atoms with van der Waals surface area (Å²) in [5.41, 5.74) is -0.161. The molecular formula is C22H18ClF2N5O2. The van der Waals surface area contributed by atoms with Crippen molar-refractivity contribution in [2.75, 3.05) is 5.32 Å². The van der Waals surface area contributed by atoms with Gasteiger partial charge in [-0.1, -0.05) is 22.8 Å². The second-order valence-corrected chi connectivity index (χ2v) is 7.87. The van der Waals surface area contributed by atoms with E-state index in [0.29, 0.717) is 11.3 Å². The van der Waals surface area contributed by atoms with Crippen LogP contribution in [0.15, 0.2) is 59.6 Å². The van der Waals surface area contributed by atoms with E-state index in [-0.39, 0.29) is 28.5 Å². The maximum atomic E-state index is 15.4. The molecule has 0 bridgehead atoms. The first-order valence-corrected chi connectivity index (χ1v) is 9.96. The number of pyridine rings is 1. The molecule has 0 radical (unpaired) electrons. The Bertz CT molecular complexity index is 1280. The second kappa shape index (κ2) is 8.51. The molecule has 0 aliphatic heterocycles. The number of aryl methyl sites for hydroxylation is 1. The lowest BCUT2D eigenvalue weighted by molar-refractivity contribution is 0.101. The average molecular weight is 458 g/mol. The van der Waals surface area contributed by atoms with Crippen molar-refractivity contribution in [1.29, 1.82) is 0 Å². The number of anilines is 1. The molecular weight excluding hydrogens is 440 g/mol. The van der Waals surface area contributed by atoms with Gasteiger partial charge in [-0.2, -0.15) is 5.10 Å². The van der Waals surface area contributed by atoms with Crippen molar-refractivity contribution >= 4 is 23.2 Å². The Morgan fingerprint density at radius 3 is 2.72 bits per heavy atom. The summed E-state index contributed by atoms with van der Waals surface area (Å²) in [5, 5.41) is 10.4. The molecule has 7 nitrogen and oxygen atoms in total. The van der Waals surface area contributed by atoms with E-state index >= 15 is 4.39 Å². The molecule has 1 N–H and O–H groups in total. The summed E-state index contributed by atoms with van der Waals surface area (Å²) in [5.74, 6) is -2.32. The lowest BCUT2D eigenvalue weighted by Gasteiger charge is -2.29. The standard InChI is InChI=1S/C22H18ClF2N5O2/c1-22(13-11-26-30(2)12-13,18-4-3-5-19(23)28-18)10-14-15(24)6-7-16(20(14)25)27-21(31)17-8-9-32-29-17/h3-9,11-12H,10H2,1-2H3,(H,27,31). The van der Waals surface area contributed by atoms with Crippen molar-refractivity contribution < 1.29 is 18.1 Å². The van der Waals surface area contributed by atoms with Crippen molar-refractivity contribution in [2.24, 2.45) is 7.05 Å². The van der Waals surface area contributed by atoms with Gasteiger partial charge >= 0.3 is 0 Å². The van der Waals surface area contributed by atoms with Gasteiger partial charge < -0.3 is 9.84 Å². The molecule has 164 valence electrons. The van der Waals surface area contributed by atoms with Gasteiger partial charge in [0.1, 0.15) is 17.2 Å². The van der Waals surface area contributed by atoms with E-state index in [4.69, 9.17) is 11.6 Å². The first-order valence-electron chi connectivity index (χ1n) is 9.58. The van der Waals surface area contributed by atoms with Crippen molar-refractivity contribution in [3.8, 4) is 0 Å². The molecule has 0 saturated heterocycles. The molecule has 1 atom stereocenters. The van der Waals surface area contributed by atoms with Crippen LogP contribution in [-0.4, -0.2) is 25.8 Å². The third-order valence-electron chi connectivity index (χ3n) is 5.26. The van der Waals surface area contributed by atoms with E-state index in [2.05, 4.69) is 25.1 Å². The van der Waals surface area contributed by atoms with Crippen LogP contribution in [0, 0.1) is 11.6 Å². The number of hydrogen-bond acceptors (Lipinski definition) is 5. The van der Waals surface area contributed by atoms with Crippen LogP contribution in [0.3, 0.4) is 0 Å². The summed E-state index contributed by atoms with van der Waals surface area (Å²) in [7, 11) is 1.75. The van der Waals surface area contributed by atoms with Gasteiger partial charge in [-0.05, 0) is 37.6 Å². The highest BCUT2D eigenvalue weighted by Crippen LogP contribution is 2.37. The Morgan fingerprint density at radius 2 is 2.06 bits per heavy atom. The fourth-order valence-corrected chi connectivity index (χ4v) is 3.65. The molecule has 3 aromatic heterocycles. The predicted molar refractivity (Wildman–Crippen MR) is 113 cm³/mol. The molecule has 0 spiro atoms. The summed E-state index contributed by atoms with van der Waals surface area (Å²) >= 11 is 6.10. The van der Waals surface area contributed by atoms with Crippen LogP contribution in [0.25, 0.3) is 0 Å². The highest BCUT2D eigenvalue weighted by atomic mass is 35.5. The van der Waals surface area contributed by atoms with E-state index in [1.54, 1.807) is 42.3 Å². The van der Waals surface area contributed by atoms with Crippen molar-refractivity contribution in [3.05, 3.63) is 94.4 Å². The maximum absolute atomic E-state index is 15.4. The minimum Gasteiger partial charge on any atom is -0.364 e. The zero-order chi connectivity index (χ0) is 22.9. The van der Waals surface area contributed by atoms with Gasteiger partial charge in [-0.3, -0.25) is 9.48 Å². The first kappa shape index (κ1) is 21.6. The largest absolute Gasteiger partial charge is 0.364 e. The number of halogens is 3. The summed E-state index contributed by atoms with van der Waals surface area (Å²) in [4.78, 5) is 16.6. The van der Waals surface area contributed by atoms with Crippen LogP contribution < -0.4 is 5.32 Å². The van der Waals surface area contributed by atoms with Gasteiger partial charge in [0.05, 0.1) is 17.6 Å². The number of aromatic nitrogens is 4. The third-order valence-corrected chi connectivity index (χ3v) is 5.47. The third kappa shape index (κ3) is 4.11. The van der Waals surface area contributed by atoms with Crippen molar-refractivity contribution in [2.45, 2.75) is 18.8 Å². The van der Waals surface area contributed by atoms with Crippen LogP contribution in [0.5, 0.6) is 0 Å². The van der Waals surface area contributed by atoms with Gasteiger partial charge in [-0.15, -0.1) is 0 Å². The monoisotopic (exact) mass is 457 g/mol. The molecule has 10 heteroatoms. The minimum atomic E-state index is -0.963. The molecule has 4 rings (SSSR count). The maximum Gasteiger partial charge on any atom is 0.277 e. The molecule has 0 aliphatic carbocycles. The van der Waals surface area contributed by atoms with E-state index in [0.717, 1.165) is 12.1 Å². The van der Waals surface area contributed by atoms with Gasteiger partial charge in [0, 0.05) is 35.9 Å². The van der Waals surface area contributed by atoms with Crippen LogP contribution >= 0.6 is 11.6 Å². The molecule has 32 heavy (non-hydrogen) atoms. The SMILES string of the molecule is Cn1cc(C(C)(Cc2c(F)ccc(NC(=O)c3ccon3)c2F)c2cccc(Cl)n2)cn1. The quantitative estimate of drug-likeness (QED) is 0.430. The van der Waals surface area contributed by atoms with E-state index < -0.39 is 23.0 Å². The lowest BCUT2D eigenvalue weighted by atomic mass is 9.75. The smallest absolute Gasteiger partial charge is 0.277 e. The van der Waals surface area contributed by atoms with Gasteiger partial charge in [-0.25, -0.2) is 13.8 Å². The molecule has 1 amide bonds. The lowest BCUT2D eigenvalue weighted by Crippen LogP contribution is -2.29. The predicted octanol–water partition coefficient (Wildman–Crippen LogP) is 4.54. The highest BCUT2D eigenvalue weighted by Gasteiger charge is 2.35. The van der Waals surface area contributed by atoms with Crippen LogP contribution in [-0.2, 0) is 18.9 Å². The number of benzene rings is 1. The molecule has 0 saturated carbocycles.